The van der Waals surface area contributed by atoms with Crippen molar-refractivity contribution >= 4 is 5.78 Å². The standard InChI is InChI=1S/C28H32O6/c1-34-28-17-22(11-14-26(28)32)21(10-7-19-5-3-2-4-6-19)16-24(30)18-23(29)12-8-20-9-13-25(31)27(33)15-20/h2-6,9,11,13-15,17,21,23,29,31-33H,7-8,10,12,16,18H2,1H3. The van der Waals surface area contributed by atoms with Gasteiger partial charge < -0.3 is 25.2 Å². The summed E-state index contributed by atoms with van der Waals surface area (Å²) in [4.78, 5) is 12.9. The number of aromatic hydroxyl groups is 3. The number of hydrogen-bond donors (Lipinski definition) is 4. The minimum absolute atomic E-state index is 0.0360. The molecule has 0 radical (unpaired) electrons. The summed E-state index contributed by atoms with van der Waals surface area (Å²) in [6.45, 7) is 0. The first-order valence-electron chi connectivity index (χ1n) is 11.5. The van der Waals surface area contributed by atoms with Gasteiger partial charge in [-0.05, 0) is 72.6 Å². The number of carbonyl (C=O) groups is 1. The Kier molecular flexibility index (Phi) is 8.93. The van der Waals surface area contributed by atoms with Crippen LogP contribution in [0.3, 0.4) is 0 Å². The Balaban J connectivity index is 1.63. The SMILES string of the molecule is COc1cc(C(CCc2ccccc2)CC(=O)CC(O)CCc2ccc(O)c(O)c2)ccc1O. The van der Waals surface area contributed by atoms with E-state index >= 15 is 0 Å². The largest absolute Gasteiger partial charge is 0.504 e. The molecule has 0 aliphatic rings. The number of benzene rings is 3. The summed E-state index contributed by atoms with van der Waals surface area (Å²) in [5.41, 5.74) is 2.87. The number of Topliss-reactive ketones (excluding diaryl/α,β-unsaturated/α-hetero) is 1. The van der Waals surface area contributed by atoms with Crippen LogP contribution in [0.5, 0.6) is 23.0 Å². The monoisotopic (exact) mass is 464 g/mol. The molecule has 3 aromatic rings. The van der Waals surface area contributed by atoms with E-state index in [1.165, 1.54) is 24.8 Å². The molecule has 0 aromatic heterocycles. The number of aryl methyl sites for hydroxylation is 2. The van der Waals surface area contributed by atoms with Crippen molar-refractivity contribution in [2.75, 3.05) is 7.11 Å². The minimum atomic E-state index is -0.799. The molecule has 0 fully saturated rings. The molecule has 6 heteroatoms. The average molecular weight is 465 g/mol. The number of rotatable bonds is 12. The first kappa shape index (κ1) is 25.1. The highest BCUT2D eigenvalue weighted by Crippen LogP contribution is 2.34. The molecular weight excluding hydrogens is 432 g/mol. The van der Waals surface area contributed by atoms with Crippen molar-refractivity contribution in [1.82, 2.24) is 0 Å². The first-order valence-corrected chi connectivity index (χ1v) is 11.5. The van der Waals surface area contributed by atoms with Gasteiger partial charge in [0, 0.05) is 12.8 Å². The third kappa shape index (κ3) is 7.25. The summed E-state index contributed by atoms with van der Waals surface area (Å²) < 4.78 is 5.25. The Hall–Kier alpha value is -3.51. The van der Waals surface area contributed by atoms with E-state index in [1.54, 1.807) is 18.2 Å². The van der Waals surface area contributed by atoms with Gasteiger partial charge in [0.1, 0.15) is 5.78 Å². The fourth-order valence-electron chi connectivity index (χ4n) is 4.10. The van der Waals surface area contributed by atoms with E-state index in [-0.39, 0.29) is 41.8 Å². The van der Waals surface area contributed by atoms with Crippen LogP contribution in [-0.2, 0) is 17.6 Å². The molecule has 34 heavy (non-hydrogen) atoms. The maximum atomic E-state index is 12.9. The van der Waals surface area contributed by atoms with Crippen LogP contribution in [0.2, 0.25) is 0 Å². The Morgan fingerprint density at radius 1 is 0.794 bits per heavy atom. The topological polar surface area (TPSA) is 107 Å². The molecule has 4 N–H and O–H groups in total. The molecule has 3 rings (SSSR count). The zero-order valence-electron chi connectivity index (χ0n) is 19.4. The molecule has 3 aromatic carbocycles. The zero-order chi connectivity index (χ0) is 24.5. The van der Waals surface area contributed by atoms with Gasteiger partial charge in [-0.25, -0.2) is 0 Å². The van der Waals surface area contributed by atoms with Gasteiger partial charge in [0.25, 0.3) is 0 Å². The summed E-state index contributed by atoms with van der Waals surface area (Å²) in [6, 6.07) is 19.8. The number of carbonyl (C=O) groups excluding carboxylic acids is 1. The van der Waals surface area contributed by atoms with Crippen molar-refractivity contribution in [3.63, 3.8) is 0 Å². The van der Waals surface area contributed by atoms with Gasteiger partial charge >= 0.3 is 0 Å². The number of ketones is 1. The molecular formula is C28H32O6. The third-order valence-corrected chi connectivity index (χ3v) is 6.04. The quantitative estimate of drug-likeness (QED) is 0.285. The Morgan fingerprint density at radius 3 is 2.21 bits per heavy atom. The van der Waals surface area contributed by atoms with Crippen LogP contribution in [0.1, 0.15) is 48.3 Å². The predicted octanol–water partition coefficient (Wildman–Crippen LogP) is 4.87. The van der Waals surface area contributed by atoms with E-state index in [1.807, 2.05) is 24.3 Å². The minimum Gasteiger partial charge on any atom is -0.504 e. The van der Waals surface area contributed by atoms with Crippen molar-refractivity contribution in [2.24, 2.45) is 0 Å². The number of methoxy groups -OCH3 is 1. The van der Waals surface area contributed by atoms with Gasteiger partial charge in [-0.2, -0.15) is 0 Å². The van der Waals surface area contributed by atoms with Gasteiger partial charge in [-0.15, -0.1) is 0 Å². The smallest absolute Gasteiger partial charge is 0.160 e. The van der Waals surface area contributed by atoms with Crippen molar-refractivity contribution < 1.29 is 30.0 Å². The maximum Gasteiger partial charge on any atom is 0.160 e. The molecule has 0 bridgehead atoms. The summed E-state index contributed by atoms with van der Waals surface area (Å²) in [6.07, 6.45) is 1.92. The highest BCUT2D eigenvalue weighted by atomic mass is 16.5. The Morgan fingerprint density at radius 2 is 1.50 bits per heavy atom. The summed E-state index contributed by atoms with van der Waals surface area (Å²) in [5, 5.41) is 39.4. The third-order valence-electron chi connectivity index (χ3n) is 6.04. The Bertz CT molecular complexity index is 1080. The van der Waals surface area contributed by atoms with Gasteiger partial charge in [-0.3, -0.25) is 4.79 Å². The summed E-state index contributed by atoms with van der Waals surface area (Å²) in [7, 11) is 1.49. The van der Waals surface area contributed by atoms with E-state index in [0.717, 1.165) is 24.0 Å². The number of phenolic OH excluding ortho intramolecular Hbond substituents is 3. The number of hydrogen-bond acceptors (Lipinski definition) is 6. The lowest BCUT2D eigenvalue weighted by Gasteiger charge is -2.19. The van der Waals surface area contributed by atoms with Crippen LogP contribution in [0.4, 0.5) is 0 Å². The maximum absolute atomic E-state index is 12.9. The molecule has 0 aliphatic carbocycles. The van der Waals surface area contributed by atoms with Gasteiger partial charge in [-0.1, -0.05) is 42.5 Å². The van der Waals surface area contributed by atoms with Crippen LogP contribution in [0.15, 0.2) is 66.7 Å². The van der Waals surface area contributed by atoms with Crippen molar-refractivity contribution in [1.29, 1.82) is 0 Å². The molecule has 0 saturated carbocycles. The van der Waals surface area contributed by atoms with E-state index in [2.05, 4.69) is 12.1 Å². The van der Waals surface area contributed by atoms with E-state index in [4.69, 9.17) is 4.74 Å². The fourth-order valence-corrected chi connectivity index (χ4v) is 4.10. The number of ether oxygens (including phenoxy) is 1. The van der Waals surface area contributed by atoms with Crippen LogP contribution in [-0.4, -0.2) is 39.4 Å². The molecule has 0 amide bonds. The van der Waals surface area contributed by atoms with E-state index < -0.39 is 6.10 Å². The summed E-state index contributed by atoms with van der Waals surface area (Å²) in [5.74, 6) is -0.0861. The molecule has 2 atom stereocenters. The van der Waals surface area contributed by atoms with Crippen molar-refractivity contribution in [2.45, 2.75) is 50.5 Å². The molecule has 180 valence electrons. The second kappa shape index (κ2) is 12.1. The average Bonchev–Trinajstić information content (AvgIpc) is 2.83. The molecule has 0 saturated heterocycles. The van der Waals surface area contributed by atoms with Crippen LogP contribution >= 0.6 is 0 Å². The molecule has 0 aliphatic heterocycles. The Labute approximate surface area is 200 Å². The highest BCUT2D eigenvalue weighted by Gasteiger charge is 2.20. The molecule has 0 heterocycles. The number of aliphatic hydroxyl groups excluding tert-OH is 1. The highest BCUT2D eigenvalue weighted by molar-refractivity contribution is 5.79. The summed E-state index contributed by atoms with van der Waals surface area (Å²) >= 11 is 0. The second-order valence-electron chi connectivity index (χ2n) is 8.61. The lowest BCUT2D eigenvalue weighted by atomic mass is 9.86. The first-order chi connectivity index (χ1) is 16.4. The van der Waals surface area contributed by atoms with Crippen molar-refractivity contribution in [3.05, 3.63) is 83.4 Å². The molecule has 2 unspecified atom stereocenters. The van der Waals surface area contributed by atoms with Crippen LogP contribution in [0, 0.1) is 0 Å². The lowest BCUT2D eigenvalue weighted by molar-refractivity contribution is -0.121. The van der Waals surface area contributed by atoms with E-state index in [9.17, 15) is 25.2 Å². The van der Waals surface area contributed by atoms with Gasteiger partial charge in [0.2, 0.25) is 0 Å². The molecule has 6 nitrogen and oxygen atoms in total. The normalized spacial score (nSPS) is 12.8. The zero-order valence-corrected chi connectivity index (χ0v) is 19.4. The van der Waals surface area contributed by atoms with Crippen LogP contribution < -0.4 is 4.74 Å². The second-order valence-corrected chi connectivity index (χ2v) is 8.61. The number of aliphatic hydroxyl groups is 1. The van der Waals surface area contributed by atoms with E-state index in [0.29, 0.717) is 18.6 Å². The molecule has 0 spiro atoms. The lowest BCUT2D eigenvalue weighted by Crippen LogP contribution is -2.17. The predicted molar refractivity (Wildman–Crippen MR) is 131 cm³/mol. The van der Waals surface area contributed by atoms with Crippen LogP contribution in [0.25, 0.3) is 0 Å². The fraction of sp³-hybridized carbons (Fsp3) is 0.321. The van der Waals surface area contributed by atoms with Gasteiger partial charge in [0.05, 0.1) is 13.2 Å². The van der Waals surface area contributed by atoms with Gasteiger partial charge in [0.15, 0.2) is 23.0 Å². The van der Waals surface area contributed by atoms with Crippen molar-refractivity contribution in [3.8, 4) is 23.0 Å². The number of phenols is 3.